The van der Waals surface area contributed by atoms with E-state index in [0.29, 0.717) is 0 Å². The molecule has 1 aliphatic carbocycles. The molecule has 0 saturated heterocycles. The number of hydrogen-bond acceptors (Lipinski definition) is 1. The number of allylic oxidation sites excluding steroid dienone is 1. The minimum atomic E-state index is 0.233. The monoisotopic (exact) mass is 208 g/mol. The van der Waals surface area contributed by atoms with Crippen LogP contribution in [-0.2, 0) is 4.74 Å². The third-order valence-corrected chi connectivity index (χ3v) is 4.20. The van der Waals surface area contributed by atoms with Crippen molar-refractivity contribution in [3.05, 3.63) is 12.2 Å². The molecule has 0 aromatic carbocycles. The Hall–Kier alpha value is -0.300. The van der Waals surface area contributed by atoms with Crippen molar-refractivity contribution in [1.82, 2.24) is 0 Å². The van der Waals surface area contributed by atoms with E-state index < -0.39 is 0 Å². The van der Waals surface area contributed by atoms with Crippen molar-refractivity contribution < 1.29 is 4.74 Å². The molecular formula is C14H24O. The first-order chi connectivity index (χ1) is 7.22. The van der Waals surface area contributed by atoms with Crippen molar-refractivity contribution in [1.29, 1.82) is 0 Å². The van der Waals surface area contributed by atoms with Gasteiger partial charge in [0.15, 0.2) is 0 Å². The van der Waals surface area contributed by atoms with E-state index in [0.717, 1.165) is 18.4 Å². The van der Waals surface area contributed by atoms with Crippen molar-refractivity contribution in [3.63, 3.8) is 0 Å². The summed E-state index contributed by atoms with van der Waals surface area (Å²) >= 11 is 0. The summed E-state index contributed by atoms with van der Waals surface area (Å²) < 4.78 is 6.12. The minimum Gasteiger partial charge on any atom is -0.371 e. The van der Waals surface area contributed by atoms with Crippen molar-refractivity contribution in [2.24, 2.45) is 11.8 Å². The van der Waals surface area contributed by atoms with Gasteiger partial charge in [0.25, 0.3) is 0 Å². The van der Waals surface area contributed by atoms with Gasteiger partial charge in [-0.25, -0.2) is 0 Å². The van der Waals surface area contributed by atoms with Crippen LogP contribution < -0.4 is 0 Å². The van der Waals surface area contributed by atoms with E-state index in [1.54, 1.807) is 0 Å². The molecule has 1 nitrogen and oxygen atoms in total. The Labute approximate surface area is 93.9 Å². The predicted octanol–water partition coefficient (Wildman–Crippen LogP) is 3.94. The fourth-order valence-electron chi connectivity index (χ4n) is 3.12. The van der Waals surface area contributed by atoms with Crippen LogP contribution in [0.1, 0.15) is 52.4 Å². The highest BCUT2D eigenvalue weighted by molar-refractivity contribution is 4.96. The van der Waals surface area contributed by atoms with E-state index in [9.17, 15) is 0 Å². The van der Waals surface area contributed by atoms with Crippen molar-refractivity contribution in [2.45, 2.75) is 58.0 Å². The van der Waals surface area contributed by atoms with Crippen LogP contribution in [0.5, 0.6) is 0 Å². The van der Waals surface area contributed by atoms with Crippen LogP contribution in [0.25, 0.3) is 0 Å². The van der Waals surface area contributed by atoms with Gasteiger partial charge in [0.05, 0.1) is 12.2 Å². The topological polar surface area (TPSA) is 9.23 Å². The Kier molecular flexibility index (Phi) is 3.50. The van der Waals surface area contributed by atoms with Gasteiger partial charge in [-0.1, -0.05) is 32.4 Å². The second-order valence-corrected chi connectivity index (χ2v) is 5.60. The summed E-state index contributed by atoms with van der Waals surface area (Å²) in [5, 5.41) is 0. The number of rotatable bonds is 1. The maximum absolute atomic E-state index is 6.12. The van der Waals surface area contributed by atoms with Gasteiger partial charge >= 0.3 is 0 Å². The van der Waals surface area contributed by atoms with Gasteiger partial charge in [-0.3, -0.25) is 0 Å². The van der Waals surface area contributed by atoms with Crippen molar-refractivity contribution in [2.75, 3.05) is 6.61 Å². The molecule has 1 saturated carbocycles. The second-order valence-electron chi connectivity index (χ2n) is 5.60. The summed E-state index contributed by atoms with van der Waals surface area (Å²) in [4.78, 5) is 0. The Morgan fingerprint density at radius 3 is 2.93 bits per heavy atom. The lowest BCUT2D eigenvalue weighted by molar-refractivity contribution is -0.0789. The molecule has 0 amide bonds. The lowest BCUT2D eigenvalue weighted by Gasteiger charge is -2.41. The number of ether oxygens (including phenoxy) is 1. The average molecular weight is 208 g/mol. The molecule has 0 aromatic rings. The van der Waals surface area contributed by atoms with Gasteiger partial charge in [0, 0.05) is 0 Å². The van der Waals surface area contributed by atoms with Crippen LogP contribution in [0.4, 0.5) is 0 Å². The molecule has 86 valence electrons. The number of hydrogen-bond donors (Lipinski definition) is 0. The Morgan fingerprint density at radius 1 is 1.27 bits per heavy atom. The highest BCUT2D eigenvalue weighted by Gasteiger charge is 2.37. The molecule has 2 aliphatic rings. The van der Waals surface area contributed by atoms with Crippen molar-refractivity contribution in [3.8, 4) is 0 Å². The fourth-order valence-corrected chi connectivity index (χ4v) is 3.12. The highest BCUT2D eigenvalue weighted by Crippen LogP contribution is 2.42. The first kappa shape index (κ1) is 11.2. The zero-order valence-electron chi connectivity index (χ0n) is 10.2. The van der Waals surface area contributed by atoms with Gasteiger partial charge in [0.2, 0.25) is 0 Å². The molecule has 1 fully saturated rings. The minimum absolute atomic E-state index is 0.233. The lowest BCUT2D eigenvalue weighted by Crippen LogP contribution is -2.39. The molecule has 0 unspecified atom stereocenters. The summed E-state index contributed by atoms with van der Waals surface area (Å²) in [5.41, 5.74) is 0.233. The van der Waals surface area contributed by atoms with E-state index in [1.807, 2.05) is 0 Å². The smallest absolute Gasteiger partial charge is 0.0692 e. The summed E-state index contributed by atoms with van der Waals surface area (Å²) in [6, 6.07) is 0. The summed E-state index contributed by atoms with van der Waals surface area (Å²) in [7, 11) is 0. The van der Waals surface area contributed by atoms with E-state index in [-0.39, 0.29) is 5.60 Å². The van der Waals surface area contributed by atoms with Crippen LogP contribution in [0.2, 0.25) is 0 Å². The third-order valence-electron chi connectivity index (χ3n) is 4.20. The van der Waals surface area contributed by atoms with E-state index in [4.69, 9.17) is 4.74 Å². The van der Waals surface area contributed by atoms with Crippen LogP contribution in [-0.4, -0.2) is 12.2 Å². The quantitative estimate of drug-likeness (QED) is 0.593. The molecule has 1 aliphatic heterocycles. The molecule has 2 atom stereocenters. The zero-order chi connectivity index (χ0) is 10.7. The van der Waals surface area contributed by atoms with E-state index in [1.165, 1.54) is 38.5 Å². The maximum atomic E-state index is 6.12. The van der Waals surface area contributed by atoms with Crippen LogP contribution in [0.15, 0.2) is 12.2 Å². The van der Waals surface area contributed by atoms with Gasteiger partial charge in [-0.05, 0) is 43.9 Å². The molecule has 0 bridgehead atoms. The summed E-state index contributed by atoms with van der Waals surface area (Å²) in [5.74, 6) is 1.71. The van der Waals surface area contributed by atoms with Crippen LogP contribution in [0, 0.1) is 11.8 Å². The zero-order valence-corrected chi connectivity index (χ0v) is 10.2. The first-order valence-corrected chi connectivity index (χ1v) is 6.51. The lowest BCUT2D eigenvalue weighted by atomic mass is 9.72. The largest absolute Gasteiger partial charge is 0.371 e. The van der Waals surface area contributed by atoms with Gasteiger partial charge in [-0.2, -0.15) is 0 Å². The molecule has 1 heterocycles. The molecule has 0 aromatic heterocycles. The Morgan fingerprint density at radius 2 is 2.13 bits per heavy atom. The van der Waals surface area contributed by atoms with Gasteiger partial charge in [-0.15, -0.1) is 0 Å². The van der Waals surface area contributed by atoms with E-state index in [2.05, 4.69) is 26.0 Å². The highest BCUT2D eigenvalue weighted by atomic mass is 16.5. The first-order valence-electron chi connectivity index (χ1n) is 6.51. The summed E-state index contributed by atoms with van der Waals surface area (Å²) in [6.45, 7) is 5.56. The fraction of sp³-hybridized carbons (Fsp3) is 0.857. The van der Waals surface area contributed by atoms with Gasteiger partial charge in [0.1, 0.15) is 0 Å². The van der Waals surface area contributed by atoms with Crippen molar-refractivity contribution >= 4 is 0 Å². The van der Waals surface area contributed by atoms with E-state index >= 15 is 0 Å². The molecular weight excluding hydrogens is 184 g/mol. The predicted molar refractivity (Wildman–Crippen MR) is 63.9 cm³/mol. The molecule has 0 N–H and O–H groups in total. The average Bonchev–Trinajstić information content (AvgIpc) is 2.44. The standard InChI is InChI=1S/C14H24O/c1-12(2)13-7-6-9-14(11-13)8-4-3-5-10-15-14/h3,5,12-13H,4,6-11H2,1-2H3/t13-,14+/m0/s1. The van der Waals surface area contributed by atoms with Crippen LogP contribution in [0.3, 0.4) is 0 Å². The Bertz CT molecular complexity index is 219. The molecule has 15 heavy (non-hydrogen) atoms. The SMILES string of the molecule is CC(C)[C@H]1CCC[C@]2(CCC=CCO2)C1. The maximum Gasteiger partial charge on any atom is 0.0692 e. The molecule has 0 radical (unpaired) electrons. The second kappa shape index (κ2) is 4.69. The molecule has 1 heteroatoms. The molecule has 1 spiro atoms. The summed E-state index contributed by atoms with van der Waals surface area (Å²) in [6.07, 6.45) is 12.3. The Balaban J connectivity index is 2.01. The van der Waals surface area contributed by atoms with Crippen LogP contribution >= 0.6 is 0 Å². The van der Waals surface area contributed by atoms with Gasteiger partial charge < -0.3 is 4.74 Å². The third kappa shape index (κ3) is 2.63. The normalized spacial score (nSPS) is 37.1. The molecule has 2 rings (SSSR count).